The van der Waals surface area contributed by atoms with Crippen LogP contribution in [0.5, 0.6) is 5.75 Å². The number of benzene rings is 3. The van der Waals surface area contributed by atoms with E-state index in [0.717, 1.165) is 60.6 Å². The van der Waals surface area contributed by atoms with Gasteiger partial charge >= 0.3 is 6.03 Å². The average Bonchev–Trinajstić information content (AvgIpc) is 3.80. The summed E-state index contributed by atoms with van der Waals surface area (Å²) < 4.78 is 52.2. The minimum absolute atomic E-state index is 0.00667. The minimum atomic E-state index is -4.08. The number of carbonyl (C=O) groups is 2. The molecule has 3 amide bonds. The molecule has 2 fully saturated rings. The SMILES string of the molecule is CC(C)Oc1c(/C(C=N)=C/N)ncn2nc(Nc3ccc(S(=O)(=O)c4cccc(CN5CCN(c6ccc7c(N8CCC(=O)NC8=O)nn(C)c7c6)CC5)c4)cc3F)nc12. The number of amides is 3. The first-order valence-electron chi connectivity index (χ1n) is 19.1. The van der Waals surface area contributed by atoms with Crippen molar-refractivity contribution in [3.8, 4) is 5.75 Å². The molecule has 2 aliphatic rings. The van der Waals surface area contributed by atoms with E-state index >= 15 is 4.39 Å². The first-order valence-corrected chi connectivity index (χ1v) is 20.6. The van der Waals surface area contributed by atoms with Gasteiger partial charge in [0.15, 0.2) is 11.6 Å². The third kappa shape index (κ3) is 7.69. The summed E-state index contributed by atoms with van der Waals surface area (Å²) >= 11 is 0. The summed E-state index contributed by atoms with van der Waals surface area (Å²) in [4.78, 5) is 38.8. The standard InChI is InChI=1S/C40H42FN13O5S/c1-24(2)59-36-35(26(20-42)21-43)44-23-54-38(36)47-39(49-54)45-32-10-8-29(19-31(32)41)60(57,58)28-6-4-5-25(17-28)22-51-13-15-52(16-14-51)27-7-9-30-33(18-27)50(3)48-37(30)53-12-11-34(55)46-40(53)56/h4-10,17-21,23-24,42H,11-16,22,43H2,1-3H3,(H,45,49)(H,46,55,56)/b26-21+,42-20?. The molecule has 5 N–H and O–H groups in total. The van der Waals surface area contributed by atoms with Gasteiger partial charge in [-0.15, -0.1) is 5.10 Å². The number of fused-ring (bicyclic) bond motifs is 2. The van der Waals surface area contributed by atoms with Gasteiger partial charge in [-0.2, -0.15) is 14.6 Å². The zero-order chi connectivity index (χ0) is 42.3. The third-order valence-electron chi connectivity index (χ3n) is 10.3. The van der Waals surface area contributed by atoms with Crippen LogP contribution in [0.1, 0.15) is 31.5 Å². The van der Waals surface area contributed by atoms with Crippen LogP contribution in [0.15, 0.2) is 83.0 Å². The van der Waals surface area contributed by atoms with Gasteiger partial charge in [-0.3, -0.25) is 24.6 Å². The van der Waals surface area contributed by atoms with Crippen molar-refractivity contribution in [2.45, 2.75) is 42.7 Å². The van der Waals surface area contributed by atoms with E-state index in [4.69, 9.17) is 15.9 Å². The van der Waals surface area contributed by atoms with E-state index in [1.165, 1.54) is 40.1 Å². The summed E-state index contributed by atoms with van der Waals surface area (Å²) in [7, 11) is -2.26. The number of urea groups is 1. The highest BCUT2D eigenvalue weighted by Gasteiger charge is 2.29. The van der Waals surface area contributed by atoms with Crippen LogP contribution in [-0.4, -0.2) is 99.7 Å². The second-order valence-electron chi connectivity index (χ2n) is 14.6. The van der Waals surface area contributed by atoms with Gasteiger partial charge in [0.2, 0.25) is 27.3 Å². The minimum Gasteiger partial charge on any atom is -0.485 e. The fourth-order valence-electron chi connectivity index (χ4n) is 7.28. The number of nitrogens with zero attached hydrogens (tertiary/aromatic N) is 9. The number of nitrogens with two attached hydrogens (primary N) is 1. The molecule has 310 valence electrons. The van der Waals surface area contributed by atoms with Gasteiger partial charge in [0.1, 0.15) is 17.8 Å². The molecule has 0 aliphatic carbocycles. The van der Waals surface area contributed by atoms with E-state index in [9.17, 15) is 18.0 Å². The van der Waals surface area contributed by atoms with Crippen molar-refractivity contribution < 1.29 is 27.1 Å². The Kier molecular flexibility index (Phi) is 10.6. The quantitative estimate of drug-likeness (QED) is 0.127. The predicted molar refractivity (Wildman–Crippen MR) is 223 cm³/mol. The number of imide groups is 1. The average molecular weight is 836 g/mol. The molecule has 6 aromatic rings. The highest BCUT2D eigenvalue weighted by Crippen LogP contribution is 2.33. The number of piperazine rings is 1. The van der Waals surface area contributed by atoms with Crippen LogP contribution in [0, 0.1) is 11.2 Å². The third-order valence-corrected chi connectivity index (χ3v) is 12.0. The smallest absolute Gasteiger partial charge is 0.329 e. The van der Waals surface area contributed by atoms with Crippen LogP contribution in [0.25, 0.3) is 22.1 Å². The summed E-state index contributed by atoms with van der Waals surface area (Å²) in [5, 5.41) is 22.6. The lowest BCUT2D eigenvalue weighted by Gasteiger charge is -2.36. The number of halogens is 1. The van der Waals surface area contributed by atoms with Gasteiger partial charge < -0.3 is 26.1 Å². The lowest BCUT2D eigenvalue weighted by atomic mass is 10.1. The zero-order valence-corrected chi connectivity index (χ0v) is 33.8. The van der Waals surface area contributed by atoms with Crippen LogP contribution in [0.4, 0.5) is 32.3 Å². The maximum absolute atomic E-state index is 15.6. The van der Waals surface area contributed by atoms with E-state index in [1.54, 1.807) is 16.8 Å². The summed E-state index contributed by atoms with van der Waals surface area (Å²) in [6, 6.07) is 15.8. The van der Waals surface area contributed by atoms with E-state index in [0.29, 0.717) is 23.6 Å². The van der Waals surface area contributed by atoms with Gasteiger partial charge in [0.05, 0.1) is 27.1 Å². The molecule has 2 aliphatic heterocycles. The molecule has 18 nitrogen and oxygen atoms in total. The molecule has 0 radical (unpaired) electrons. The monoisotopic (exact) mass is 835 g/mol. The highest BCUT2D eigenvalue weighted by atomic mass is 32.2. The Morgan fingerprint density at radius 3 is 2.53 bits per heavy atom. The van der Waals surface area contributed by atoms with Crippen molar-refractivity contribution >= 4 is 73.3 Å². The largest absolute Gasteiger partial charge is 0.485 e. The van der Waals surface area contributed by atoms with Crippen molar-refractivity contribution in [3.05, 3.63) is 90.3 Å². The number of hydrogen-bond acceptors (Lipinski definition) is 14. The predicted octanol–water partition coefficient (Wildman–Crippen LogP) is 4.23. The second kappa shape index (κ2) is 16.0. The van der Waals surface area contributed by atoms with Gasteiger partial charge in [0, 0.05) is 81.8 Å². The molecule has 0 saturated carbocycles. The molecule has 0 bridgehead atoms. The summed E-state index contributed by atoms with van der Waals surface area (Å²) in [6.45, 7) is 7.35. The molecule has 60 heavy (non-hydrogen) atoms. The summed E-state index contributed by atoms with van der Waals surface area (Å²) in [5.74, 6) is -0.371. The number of aryl methyl sites for hydroxylation is 1. The number of sulfone groups is 1. The van der Waals surface area contributed by atoms with Gasteiger partial charge in [0.25, 0.3) is 0 Å². The molecule has 0 atom stereocenters. The Morgan fingerprint density at radius 2 is 1.82 bits per heavy atom. The van der Waals surface area contributed by atoms with E-state index in [-0.39, 0.29) is 57.8 Å². The first-order chi connectivity index (χ1) is 28.8. The maximum Gasteiger partial charge on any atom is 0.329 e. The summed E-state index contributed by atoms with van der Waals surface area (Å²) in [6.07, 6.45) is 3.58. The fraction of sp³-hybridized carbons (Fsp3) is 0.275. The number of hydrogen-bond donors (Lipinski definition) is 4. The Morgan fingerprint density at radius 1 is 1.03 bits per heavy atom. The molecule has 2 saturated heterocycles. The van der Waals surface area contributed by atoms with Crippen LogP contribution in [0.2, 0.25) is 0 Å². The number of rotatable bonds is 12. The van der Waals surface area contributed by atoms with Crippen LogP contribution < -0.4 is 30.9 Å². The number of allylic oxidation sites excluding steroid dienone is 1. The van der Waals surface area contributed by atoms with Crippen molar-refractivity contribution in [1.82, 2.24) is 39.6 Å². The summed E-state index contributed by atoms with van der Waals surface area (Å²) in [5.41, 5.74) is 9.18. The van der Waals surface area contributed by atoms with Crippen molar-refractivity contribution in [2.75, 3.05) is 47.8 Å². The zero-order valence-electron chi connectivity index (χ0n) is 33.0. The van der Waals surface area contributed by atoms with Gasteiger partial charge in [-0.05, 0) is 67.9 Å². The molecular formula is C40H42FN13O5S. The van der Waals surface area contributed by atoms with E-state index in [1.807, 2.05) is 45.2 Å². The molecule has 0 unspecified atom stereocenters. The fourth-order valence-corrected chi connectivity index (χ4v) is 8.62. The Balaban J connectivity index is 0.926. The highest BCUT2D eigenvalue weighted by molar-refractivity contribution is 7.91. The van der Waals surface area contributed by atoms with Crippen LogP contribution >= 0.6 is 0 Å². The Labute approximate surface area is 343 Å². The van der Waals surface area contributed by atoms with Gasteiger partial charge in [-0.25, -0.2) is 22.6 Å². The van der Waals surface area contributed by atoms with Gasteiger partial charge in [-0.1, -0.05) is 12.1 Å². The molecule has 8 rings (SSSR count). The molecular weight excluding hydrogens is 794 g/mol. The first kappa shape index (κ1) is 39.9. The number of carbonyl (C=O) groups excluding carboxylic acids is 2. The lowest BCUT2D eigenvalue weighted by Crippen LogP contribution is -2.49. The van der Waals surface area contributed by atoms with Crippen molar-refractivity contribution in [2.24, 2.45) is 12.8 Å². The molecule has 20 heteroatoms. The topological polar surface area (TPSA) is 222 Å². The van der Waals surface area contributed by atoms with Crippen LogP contribution in [-0.2, 0) is 28.2 Å². The number of ether oxygens (including phenoxy) is 1. The Hall–Kier alpha value is -6.93. The van der Waals surface area contributed by atoms with E-state index < -0.39 is 21.7 Å². The number of nitrogens with one attached hydrogen (secondary N) is 3. The maximum atomic E-state index is 15.6. The molecule has 5 heterocycles. The molecule has 0 spiro atoms. The van der Waals surface area contributed by atoms with Crippen molar-refractivity contribution in [1.29, 1.82) is 5.41 Å². The normalized spacial score (nSPS) is 15.6. The van der Waals surface area contributed by atoms with Crippen LogP contribution in [0.3, 0.4) is 0 Å². The number of anilines is 4. The Bertz CT molecular complexity index is 2810. The second-order valence-corrected chi connectivity index (χ2v) is 16.6. The van der Waals surface area contributed by atoms with E-state index in [2.05, 4.69) is 40.6 Å². The van der Waals surface area contributed by atoms with Crippen molar-refractivity contribution in [3.63, 3.8) is 0 Å². The number of aromatic nitrogens is 6. The molecule has 3 aromatic heterocycles. The molecule has 3 aromatic carbocycles. The lowest BCUT2D eigenvalue weighted by molar-refractivity contribution is -0.120.